The molecule has 2 aliphatic carbocycles. The molecule has 1 amide bonds. The van der Waals surface area contributed by atoms with Crippen LogP contribution in [0.2, 0.25) is 0 Å². The van der Waals surface area contributed by atoms with Crippen molar-refractivity contribution in [3.05, 3.63) is 77.3 Å². The maximum atomic E-state index is 13.1. The van der Waals surface area contributed by atoms with E-state index < -0.39 is 0 Å². The molecule has 1 aromatic heterocycles. The molecular weight excluding hydrogens is 364 g/mol. The molecule has 2 aromatic carbocycles. The minimum Gasteiger partial charge on any atom is -0.355 e. The number of nitrogens with zero attached hydrogens (tertiary/aromatic N) is 1. The quantitative estimate of drug-likeness (QED) is 0.611. The Morgan fingerprint density at radius 3 is 2.57 bits per heavy atom. The Hall–Kier alpha value is -2.46. The van der Waals surface area contributed by atoms with Crippen LogP contribution < -0.4 is 5.32 Å². The number of hydrogen-bond acceptors (Lipinski definition) is 3. The van der Waals surface area contributed by atoms with Gasteiger partial charge in [-0.1, -0.05) is 54.6 Å². The molecule has 1 heterocycles. The average molecular weight is 389 g/mol. The number of nitrogens with one attached hydrogen (secondary N) is 1. The first-order valence-electron chi connectivity index (χ1n) is 10.1. The number of hydrogen-bond donors (Lipinski definition) is 1. The van der Waals surface area contributed by atoms with E-state index in [1.807, 2.05) is 12.1 Å². The molecule has 142 valence electrons. The van der Waals surface area contributed by atoms with Gasteiger partial charge in [0.05, 0.1) is 21.1 Å². The molecule has 0 unspecified atom stereocenters. The Kier molecular flexibility index (Phi) is 4.52. The lowest BCUT2D eigenvalue weighted by Crippen LogP contribution is -2.39. The molecule has 1 saturated carbocycles. The smallest absolute Gasteiger partial charge is 0.224 e. The summed E-state index contributed by atoms with van der Waals surface area (Å²) in [5.74, 6) is 0.322. The van der Waals surface area contributed by atoms with Gasteiger partial charge in [0, 0.05) is 17.9 Å². The molecule has 0 saturated heterocycles. The number of carbonyl (C=O) groups is 1. The number of amides is 1. The van der Waals surface area contributed by atoms with Crippen LogP contribution in [0, 0.1) is 5.92 Å². The van der Waals surface area contributed by atoms with E-state index in [9.17, 15) is 4.79 Å². The summed E-state index contributed by atoms with van der Waals surface area (Å²) in [6, 6.07) is 18.8. The maximum Gasteiger partial charge on any atom is 0.224 e. The second-order valence-electron chi connectivity index (χ2n) is 8.04. The molecule has 3 aromatic rings. The third-order valence-electron chi connectivity index (χ3n) is 6.24. The molecule has 4 heteroatoms. The summed E-state index contributed by atoms with van der Waals surface area (Å²) in [5, 5.41) is 4.38. The van der Waals surface area contributed by atoms with Gasteiger partial charge in [0.15, 0.2) is 0 Å². The second kappa shape index (κ2) is 7.17. The molecule has 1 fully saturated rings. The van der Waals surface area contributed by atoms with Crippen LogP contribution in [0.1, 0.15) is 42.2 Å². The fraction of sp³-hybridized carbons (Fsp3) is 0.333. The van der Waals surface area contributed by atoms with Gasteiger partial charge in [-0.15, -0.1) is 11.3 Å². The molecule has 3 nitrogen and oxygen atoms in total. The molecule has 2 atom stereocenters. The molecule has 1 N–H and O–H groups in total. The number of rotatable bonds is 5. The van der Waals surface area contributed by atoms with Crippen molar-refractivity contribution in [2.24, 2.45) is 5.92 Å². The van der Waals surface area contributed by atoms with Gasteiger partial charge >= 0.3 is 0 Å². The molecule has 5 rings (SSSR count). The fourth-order valence-corrected chi connectivity index (χ4v) is 5.47. The number of thiazole rings is 1. The molecule has 28 heavy (non-hydrogen) atoms. The SMILES string of the molecule is O=C(NCC1(c2ccccc2)CC1)[C@@H]1CC=CC[C@@H]1c1nc2ccccc2s1. The number of aromatic nitrogens is 1. The summed E-state index contributed by atoms with van der Waals surface area (Å²) in [6.45, 7) is 0.739. The van der Waals surface area contributed by atoms with Gasteiger partial charge in [0.2, 0.25) is 5.91 Å². The van der Waals surface area contributed by atoms with Crippen molar-refractivity contribution in [2.45, 2.75) is 37.0 Å². The van der Waals surface area contributed by atoms with Gasteiger partial charge in [-0.2, -0.15) is 0 Å². The van der Waals surface area contributed by atoms with E-state index >= 15 is 0 Å². The van der Waals surface area contributed by atoms with Crippen LogP contribution in [-0.2, 0) is 10.2 Å². The summed E-state index contributed by atoms with van der Waals surface area (Å²) < 4.78 is 1.20. The Balaban J connectivity index is 1.32. The van der Waals surface area contributed by atoms with Crippen molar-refractivity contribution >= 4 is 27.5 Å². The highest BCUT2D eigenvalue weighted by molar-refractivity contribution is 7.18. The summed E-state index contributed by atoms with van der Waals surface area (Å²) >= 11 is 1.73. The van der Waals surface area contributed by atoms with Crippen LogP contribution in [-0.4, -0.2) is 17.4 Å². The van der Waals surface area contributed by atoms with Crippen molar-refractivity contribution in [1.29, 1.82) is 0 Å². The first-order chi connectivity index (χ1) is 13.8. The zero-order valence-corrected chi connectivity index (χ0v) is 16.6. The third kappa shape index (κ3) is 3.26. The van der Waals surface area contributed by atoms with Crippen molar-refractivity contribution < 1.29 is 4.79 Å². The number of allylic oxidation sites excluding steroid dienone is 2. The zero-order valence-electron chi connectivity index (χ0n) is 15.8. The van der Waals surface area contributed by atoms with E-state index in [2.05, 4.69) is 59.9 Å². The molecule has 0 radical (unpaired) electrons. The zero-order chi connectivity index (χ0) is 19.0. The summed E-state index contributed by atoms with van der Waals surface area (Å²) in [6.07, 6.45) is 8.35. The largest absolute Gasteiger partial charge is 0.355 e. The Labute approximate surface area is 169 Å². The highest BCUT2D eigenvalue weighted by atomic mass is 32.1. The standard InChI is InChI=1S/C24H24N2OS/c27-22(25-16-24(14-15-24)17-8-2-1-3-9-17)18-10-4-5-11-19(18)23-26-20-12-6-7-13-21(20)28-23/h1-9,12-13,18-19H,10-11,14-16H2,(H,25,27)/t18-,19+/m1/s1. The highest BCUT2D eigenvalue weighted by Gasteiger charge is 2.44. The predicted molar refractivity (Wildman–Crippen MR) is 115 cm³/mol. The summed E-state index contributed by atoms with van der Waals surface area (Å²) in [7, 11) is 0. The normalized spacial score (nSPS) is 22.9. The first kappa shape index (κ1) is 17.6. The van der Waals surface area contributed by atoms with Crippen LogP contribution >= 0.6 is 11.3 Å². The Morgan fingerprint density at radius 1 is 1.04 bits per heavy atom. The first-order valence-corrected chi connectivity index (χ1v) is 10.9. The Bertz CT molecular complexity index is 986. The molecule has 2 aliphatic rings. The van der Waals surface area contributed by atoms with E-state index in [1.54, 1.807) is 11.3 Å². The van der Waals surface area contributed by atoms with Gasteiger partial charge in [-0.25, -0.2) is 4.98 Å². The van der Waals surface area contributed by atoms with E-state index in [4.69, 9.17) is 4.98 Å². The lowest BCUT2D eigenvalue weighted by atomic mass is 9.82. The average Bonchev–Trinajstić information content (AvgIpc) is 3.43. The number of fused-ring (bicyclic) bond motifs is 1. The van der Waals surface area contributed by atoms with Gasteiger partial charge in [-0.3, -0.25) is 4.79 Å². The van der Waals surface area contributed by atoms with Gasteiger partial charge in [0.25, 0.3) is 0 Å². The van der Waals surface area contributed by atoms with Crippen LogP contribution in [0.15, 0.2) is 66.7 Å². The maximum absolute atomic E-state index is 13.1. The van der Waals surface area contributed by atoms with Crippen molar-refractivity contribution in [3.8, 4) is 0 Å². The van der Waals surface area contributed by atoms with Crippen LogP contribution in [0.25, 0.3) is 10.2 Å². The molecule has 0 bridgehead atoms. The lowest BCUT2D eigenvalue weighted by Gasteiger charge is -2.27. The van der Waals surface area contributed by atoms with Crippen molar-refractivity contribution in [1.82, 2.24) is 10.3 Å². The predicted octanol–water partition coefficient (Wildman–Crippen LogP) is 5.19. The molecule has 0 spiro atoms. The lowest BCUT2D eigenvalue weighted by molar-refractivity contribution is -0.125. The van der Waals surface area contributed by atoms with Gasteiger partial charge < -0.3 is 5.32 Å². The monoisotopic (exact) mass is 388 g/mol. The van der Waals surface area contributed by atoms with Crippen LogP contribution in [0.3, 0.4) is 0 Å². The minimum absolute atomic E-state index is 0.0304. The number of benzene rings is 2. The summed E-state index contributed by atoms with van der Waals surface area (Å²) in [5.41, 5.74) is 2.53. The van der Waals surface area contributed by atoms with Gasteiger partial charge in [0.1, 0.15) is 0 Å². The molecular formula is C24H24N2OS. The highest BCUT2D eigenvalue weighted by Crippen LogP contribution is 2.47. The summed E-state index contributed by atoms with van der Waals surface area (Å²) in [4.78, 5) is 18.0. The minimum atomic E-state index is -0.0304. The Morgan fingerprint density at radius 2 is 1.79 bits per heavy atom. The van der Waals surface area contributed by atoms with E-state index in [-0.39, 0.29) is 23.2 Å². The van der Waals surface area contributed by atoms with Crippen molar-refractivity contribution in [2.75, 3.05) is 6.54 Å². The van der Waals surface area contributed by atoms with Gasteiger partial charge in [-0.05, 0) is 43.4 Å². The van der Waals surface area contributed by atoms with E-state index in [0.29, 0.717) is 0 Å². The van der Waals surface area contributed by atoms with E-state index in [1.165, 1.54) is 10.3 Å². The topological polar surface area (TPSA) is 42.0 Å². The number of para-hydroxylation sites is 1. The van der Waals surface area contributed by atoms with Crippen LogP contribution in [0.4, 0.5) is 0 Å². The van der Waals surface area contributed by atoms with Crippen molar-refractivity contribution in [3.63, 3.8) is 0 Å². The second-order valence-corrected chi connectivity index (χ2v) is 9.10. The van der Waals surface area contributed by atoms with E-state index in [0.717, 1.165) is 42.8 Å². The third-order valence-corrected chi connectivity index (χ3v) is 7.41. The number of carbonyl (C=O) groups excluding carboxylic acids is 1. The molecule has 0 aliphatic heterocycles. The fourth-order valence-electron chi connectivity index (χ4n) is 4.32. The van der Waals surface area contributed by atoms with Crippen LogP contribution in [0.5, 0.6) is 0 Å².